The lowest BCUT2D eigenvalue weighted by molar-refractivity contribution is -0.116. The largest absolute Gasteiger partial charge is 0.326 e. The highest BCUT2D eigenvalue weighted by atomic mass is 79.9. The van der Waals surface area contributed by atoms with Crippen LogP contribution in [0.3, 0.4) is 0 Å². The minimum Gasteiger partial charge on any atom is -0.326 e. The van der Waals surface area contributed by atoms with Gasteiger partial charge in [0, 0.05) is 22.6 Å². The lowest BCUT2D eigenvalue weighted by atomic mass is 10.1. The number of aryl methyl sites for hydroxylation is 1. The summed E-state index contributed by atoms with van der Waals surface area (Å²) in [6, 6.07) is 6.20. The average molecular weight is 334 g/mol. The molecule has 1 unspecified atom stereocenters. The molecule has 5 heteroatoms. The Balaban J connectivity index is 0.00000162. The van der Waals surface area contributed by atoms with Crippen molar-refractivity contribution < 1.29 is 4.79 Å². The van der Waals surface area contributed by atoms with Crippen LogP contribution in [0.4, 0.5) is 5.69 Å². The molecule has 100 valence electrons. The highest BCUT2D eigenvalue weighted by Gasteiger charge is 2.17. The normalized spacial score (nSPS) is 18.2. The minimum absolute atomic E-state index is 0. The summed E-state index contributed by atoms with van der Waals surface area (Å²) < 4.78 is 1.06. The van der Waals surface area contributed by atoms with E-state index in [9.17, 15) is 4.79 Å². The first kappa shape index (κ1) is 15.5. The Kier molecular flexibility index (Phi) is 6.12. The van der Waals surface area contributed by atoms with Gasteiger partial charge < -0.3 is 10.6 Å². The lowest BCUT2D eigenvalue weighted by Crippen LogP contribution is -2.27. The zero-order valence-corrected chi connectivity index (χ0v) is 12.7. The zero-order chi connectivity index (χ0) is 12.3. The molecule has 1 fully saturated rings. The molecule has 1 heterocycles. The number of carbonyl (C=O) groups is 1. The fraction of sp³-hybridized carbons (Fsp3) is 0.462. The predicted octanol–water partition coefficient (Wildman–Crippen LogP) is 3.26. The third-order valence-electron chi connectivity index (χ3n) is 3.04. The first-order chi connectivity index (χ1) is 8.15. The Morgan fingerprint density at radius 1 is 1.56 bits per heavy atom. The second-order valence-corrected chi connectivity index (χ2v) is 5.36. The van der Waals surface area contributed by atoms with Gasteiger partial charge >= 0.3 is 0 Å². The number of carbonyl (C=O) groups excluding carboxylic acids is 1. The van der Waals surface area contributed by atoms with Crippen molar-refractivity contribution in [3.05, 3.63) is 28.2 Å². The van der Waals surface area contributed by atoms with Gasteiger partial charge in [-0.2, -0.15) is 0 Å². The van der Waals surface area contributed by atoms with Gasteiger partial charge in [-0.3, -0.25) is 4.79 Å². The van der Waals surface area contributed by atoms with Crippen LogP contribution in [-0.2, 0) is 4.79 Å². The number of amides is 1. The Hall–Kier alpha value is -0.580. The van der Waals surface area contributed by atoms with Gasteiger partial charge in [0.1, 0.15) is 0 Å². The van der Waals surface area contributed by atoms with Crippen molar-refractivity contribution in [1.29, 1.82) is 0 Å². The van der Waals surface area contributed by atoms with Crippen LogP contribution in [0.25, 0.3) is 0 Å². The molecule has 1 saturated heterocycles. The molecular weight excluding hydrogens is 316 g/mol. The number of hydrogen-bond acceptors (Lipinski definition) is 2. The third-order valence-corrected chi connectivity index (χ3v) is 3.93. The van der Waals surface area contributed by atoms with Gasteiger partial charge in [0.15, 0.2) is 0 Å². The minimum atomic E-state index is 0. The standard InChI is InChI=1S/C13H17BrN2O.ClH/c1-9-7-11(4-5-12(9)14)16-13(17)8-10-3-2-6-15-10;/h4-5,7,10,15H,2-3,6,8H2,1H3,(H,16,17);1H. The van der Waals surface area contributed by atoms with Crippen molar-refractivity contribution in [3.8, 4) is 0 Å². The van der Waals surface area contributed by atoms with Crippen molar-refractivity contribution in [3.63, 3.8) is 0 Å². The Labute approximate surface area is 122 Å². The van der Waals surface area contributed by atoms with E-state index in [4.69, 9.17) is 0 Å². The first-order valence-corrected chi connectivity index (χ1v) is 6.74. The molecule has 1 aliphatic rings. The second-order valence-electron chi connectivity index (χ2n) is 4.51. The van der Waals surface area contributed by atoms with E-state index in [-0.39, 0.29) is 18.3 Å². The molecule has 1 atom stereocenters. The summed E-state index contributed by atoms with van der Waals surface area (Å²) >= 11 is 3.44. The van der Waals surface area contributed by atoms with E-state index in [1.165, 1.54) is 6.42 Å². The van der Waals surface area contributed by atoms with E-state index in [0.717, 1.165) is 28.7 Å². The van der Waals surface area contributed by atoms with E-state index in [0.29, 0.717) is 12.5 Å². The van der Waals surface area contributed by atoms with Gasteiger partial charge in [-0.25, -0.2) is 0 Å². The Bertz CT molecular complexity index is 419. The summed E-state index contributed by atoms with van der Waals surface area (Å²) in [5.41, 5.74) is 2.00. The van der Waals surface area contributed by atoms with Gasteiger partial charge in [-0.15, -0.1) is 12.4 Å². The molecule has 0 aliphatic carbocycles. The average Bonchev–Trinajstić information content (AvgIpc) is 2.76. The highest BCUT2D eigenvalue weighted by Crippen LogP contribution is 2.20. The van der Waals surface area contributed by atoms with Crippen molar-refractivity contribution in [2.75, 3.05) is 11.9 Å². The van der Waals surface area contributed by atoms with Crippen LogP contribution in [0.2, 0.25) is 0 Å². The van der Waals surface area contributed by atoms with Crippen molar-refractivity contribution in [2.24, 2.45) is 0 Å². The molecule has 18 heavy (non-hydrogen) atoms. The maximum atomic E-state index is 11.8. The summed E-state index contributed by atoms with van der Waals surface area (Å²) in [5, 5.41) is 6.26. The Morgan fingerprint density at radius 2 is 2.33 bits per heavy atom. The van der Waals surface area contributed by atoms with Gasteiger partial charge in [-0.1, -0.05) is 15.9 Å². The van der Waals surface area contributed by atoms with Gasteiger partial charge in [-0.05, 0) is 50.1 Å². The molecule has 0 spiro atoms. The highest BCUT2D eigenvalue weighted by molar-refractivity contribution is 9.10. The molecular formula is C13H18BrClN2O. The molecule has 2 rings (SSSR count). The first-order valence-electron chi connectivity index (χ1n) is 5.94. The molecule has 3 nitrogen and oxygen atoms in total. The maximum Gasteiger partial charge on any atom is 0.225 e. The van der Waals surface area contributed by atoms with E-state index in [2.05, 4.69) is 26.6 Å². The number of halogens is 2. The predicted molar refractivity (Wildman–Crippen MR) is 80.4 cm³/mol. The number of anilines is 1. The molecule has 1 aromatic rings. The summed E-state index contributed by atoms with van der Waals surface area (Å²) in [7, 11) is 0. The maximum absolute atomic E-state index is 11.8. The van der Waals surface area contributed by atoms with Crippen LogP contribution in [0, 0.1) is 6.92 Å². The zero-order valence-electron chi connectivity index (χ0n) is 10.3. The number of rotatable bonds is 3. The molecule has 1 aliphatic heterocycles. The quantitative estimate of drug-likeness (QED) is 0.891. The van der Waals surface area contributed by atoms with Gasteiger partial charge in [0.2, 0.25) is 5.91 Å². The topological polar surface area (TPSA) is 41.1 Å². The van der Waals surface area contributed by atoms with E-state index >= 15 is 0 Å². The fourth-order valence-corrected chi connectivity index (χ4v) is 2.34. The van der Waals surface area contributed by atoms with E-state index in [1.54, 1.807) is 0 Å². The van der Waals surface area contributed by atoms with Crippen LogP contribution in [0.15, 0.2) is 22.7 Å². The van der Waals surface area contributed by atoms with Crippen LogP contribution in [-0.4, -0.2) is 18.5 Å². The van der Waals surface area contributed by atoms with Crippen LogP contribution < -0.4 is 10.6 Å². The van der Waals surface area contributed by atoms with Crippen LogP contribution in [0.1, 0.15) is 24.8 Å². The number of nitrogens with one attached hydrogen (secondary N) is 2. The molecule has 0 bridgehead atoms. The fourth-order valence-electron chi connectivity index (χ4n) is 2.09. The molecule has 1 amide bonds. The van der Waals surface area contributed by atoms with Crippen LogP contribution >= 0.6 is 28.3 Å². The monoisotopic (exact) mass is 332 g/mol. The lowest BCUT2D eigenvalue weighted by Gasteiger charge is -2.11. The third kappa shape index (κ3) is 4.26. The van der Waals surface area contributed by atoms with Crippen molar-refractivity contribution in [1.82, 2.24) is 5.32 Å². The SMILES string of the molecule is Cc1cc(NC(=O)CC2CCCN2)ccc1Br.Cl. The van der Waals surface area contributed by atoms with Crippen molar-refractivity contribution >= 4 is 39.9 Å². The molecule has 2 N–H and O–H groups in total. The van der Waals surface area contributed by atoms with Crippen molar-refractivity contribution in [2.45, 2.75) is 32.2 Å². The number of benzene rings is 1. The summed E-state index contributed by atoms with van der Waals surface area (Å²) in [5.74, 6) is 0.0890. The Morgan fingerprint density at radius 3 is 2.94 bits per heavy atom. The van der Waals surface area contributed by atoms with E-state index in [1.807, 2.05) is 25.1 Å². The van der Waals surface area contributed by atoms with Gasteiger partial charge in [0.05, 0.1) is 0 Å². The molecule has 1 aromatic carbocycles. The van der Waals surface area contributed by atoms with Gasteiger partial charge in [0.25, 0.3) is 0 Å². The smallest absolute Gasteiger partial charge is 0.225 e. The molecule has 0 aromatic heterocycles. The summed E-state index contributed by atoms with van der Waals surface area (Å²) in [6.07, 6.45) is 2.84. The molecule has 0 saturated carbocycles. The summed E-state index contributed by atoms with van der Waals surface area (Å²) in [4.78, 5) is 11.8. The molecule has 0 radical (unpaired) electrons. The van der Waals surface area contributed by atoms with Crippen LogP contribution in [0.5, 0.6) is 0 Å². The summed E-state index contributed by atoms with van der Waals surface area (Å²) in [6.45, 7) is 3.05. The van der Waals surface area contributed by atoms with E-state index < -0.39 is 0 Å². The number of hydrogen-bond donors (Lipinski definition) is 2. The second kappa shape index (κ2) is 7.12.